The smallest absolute Gasteiger partial charge is 0.328 e. The van der Waals surface area contributed by atoms with Crippen LogP contribution in [0.1, 0.15) is 44.9 Å². The summed E-state index contributed by atoms with van der Waals surface area (Å²) < 4.78 is 9.43. The highest BCUT2D eigenvalue weighted by atomic mass is 32.1. The predicted molar refractivity (Wildman–Crippen MR) is 189 cm³/mol. The maximum Gasteiger partial charge on any atom is 0.328 e. The molecule has 47 heavy (non-hydrogen) atoms. The van der Waals surface area contributed by atoms with Crippen LogP contribution >= 0.6 is 19.9 Å². The zero-order valence-corrected chi connectivity index (χ0v) is 28.7. The average molecular weight is 680 g/mol. The summed E-state index contributed by atoms with van der Waals surface area (Å²) in [6.45, 7) is 0. The fourth-order valence-corrected chi connectivity index (χ4v) is 10.2. The van der Waals surface area contributed by atoms with E-state index >= 15 is 0 Å². The number of hydrogen-bond donors (Lipinski definition) is 3. The van der Waals surface area contributed by atoms with Crippen molar-refractivity contribution in [1.82, 2.24) is 10.6 Å². The summed E-state index contributed by atoms with van der Waals surface area (Å²) in [4.78, 5) is 61.9. The molecule has 3 aromatic carbocycles. The Bertz CT molecular complexity index is 1360. The van der Waals surface area contributed by atoms with E-state index in [1.165, 1.54) is 30.1 Å². The highest BCUT2D eigenvalue weighted by Gasteiger charge is 2.44. The van der Waals surface area contributed by atoms with Gasteiger partial charge in [-0.3, -0.25) is 19.2 Å². The van der Waals surface area contributed by atoms with Crippen LogP contribution in [0.25, 0.3) is 0 Å². The van der Waals surface area contributed by atoms with Crippen LogP contribution in [0.2, 0.25) is 0 Å². The molecule has 3 aromatic rings. The monoisotopic (exact) mass is 679 g/mol. The number of hydrogen-bond acceptors (Lipinski definition) is 8. The number of unbranched alkanes of at least 4 members (excludes halogenated alkanes) is 1. The Labute approximate surface area is 282 Å². The molecule has 0 saturated carbocycles. The molecule has 0 unspecified atom stereocenters. The third kappa shape index (κ3) is 11.0. The Kier molecular flexibility index (Phi) is 15.6. The molecule has 0 aliphatic rings. The molecule has 0 radical (unpaired) electrons. The van der Waals surface area contributed by atoms with E-state index in [0.29, 0.717) is 6.42 Å². The minimum absolute atomic E-state index is 0.00937. The fraction of sp³-hybridized carbons (Fsp3) is 0.361. The molecule has 2 amide bonds. The summed E-state index contributed by atoms with van der Waals surface area (Å²) in [6, 6.07) is 29.7. The van der Waals surface area contributed by atoms with E-state index in [0.717, 1.165) is 12.6 Å². The van der Waals surface area contributed by atoms with E-state index in [2.05, 4.69) is 101 Å². The lowest BCUT2D eigenvalue weighted by Gasteiger charge is -2.27. The van der Waals surface area contributed by atoms with Crippen molar-refractivity contribution in [2.45, 2.75) is 57.0 Å². The topological polar surface area (TPSA) is 128 Å². The van der Waals surface area contributed by atoms with Crippen LogP contribution < -0.4 is 26.5 Å². The number of thiol groups is 1. The van der Waals surface area contributed by atoms with Crippen molar-refractivity contribution in [3.8, 4) is 0 Å². The molecule has 0 aromatic heterocycles. The van der Waals surface area contributed by atoms with Crippen LogP contribution in [-0.4, -0.2) is 67.8 Å². The Hall–Kier alpha value is -4.01. The first kappa shape index (κ1) is 37.4. The lowest BCUT2D eigenvalue weighted by Crippen LogP contribution is -2.45. The minimum atomic E-state index is -2.02. The van der Waals surface area contributed by atoms with E-state index in [1.54, 1.807) is 0 Å². The van der Waals surface area contributed by atoms with Gasteiger partial charge in [0.15, 0.2) is 5.78 Å². The number of rotatable bonds is 19. The first-order valence-corrected chi connectivity index (χ1v) is 18.3. The maximum absolute atomic E-state index is 13.0. The second-order valence-corrected chi connectivity index (χ2v) is 15.0. The normalized spacial score (nSPS) is 12.3. The van der Waals surface area contributed by atoms with Gasteiger partial charge in [-0.25, -0.2) is 4.79 Å². The van der Waals surface area contributed by atoms with Crippen molar-refractivity contribution in [3.05, 3.63) is 91.0 Å². The van der Waals surface area contributed by atoms with Gasteiger partial charge in [0.05, 0.1) is 32.8 Å². The second-order valence-electron chi connectivity index (χ2n) is 11.0. The van der Waals surface area contributed by atoms with Gasteiger partial charge in [0.2, 0.25) is 11.8 Å². The Balaban J connectivity index is 1.61. The molecule has 0 heterocycles. The first-order chi connectivity index (χ1) is 22.7. The van der Waals surface area contributed by atoms with Crippen molar-refractivity contribution >= 4 is 65.3 Å². The van der Waals surface area contributed by atoms with E-state index in [1.807, 2.05) is 18.2 Å². The number of Topliss-reactive ketones (excluding diaryl/α,β-unsaturated/α-hetero) is 1. The van der Waals surface area contributed by atoms with Crippen LogP contribution in [0.15, 0.2) is 91.0 Å². The van der Waals surface area contributed by atoms with Gasteiger partial charge < -0.3 is 20.1 Å². The zero-order chi connectivity index (χ0) is 34.1. The first-order valence-electron chi connectivity index (χ1n) is 15.7. The molecule has 0 saturated heterocycles. The number of amides is 2. The van der Waals surface area contributed by atoms with E-state index < -0.39 is 37.2 Å². The van der Waals surface area contributed by atoms with Crippen molar-refractivity contribution in [1.29, 1.82) is 0 Å². The van der Waals surface area contributed by atoms with Gasteiger partial charge in [0.25, 0.3) is 0 Å². The third-order valence-electron chi connectivity index (χ3n) is 7.93. The summed E-state index contributed by atoms with van der Waals surface area (Å²) in [5.41, 5.74) is 0. The molecule has 0 aliphatic carbocycles. The largest absolute Gasteiger partial charge is 0.469 e. The number of ether oxygens (including phenoxy) is 2. The predicted octanol–water partition coefficient (Wildman–Crippen LogP) is 3.53. The Morgan fingerprint density at radius 1 is 0.638 bits per heavy atom. The van der Waals surface area contributed by atoms with E-state index in [9.17, 15) is 24.0 Å². The number of methoxy groups -OCH3 is 2. The second kappa shape index (κ2) is 19.6. The number of esters is 2. The number of carbonyl (C=O) groups is 5. The molecule has 3 rings (SSSR count). The molecule has 11 heteroatoms. The third-order valence-corrected chi connectivity index (χ3v) is 12.8. The van der Waals surface area contributed by atoms with Crippen molar-refractivity contribution in [3.63, 3.8) is 0 Å². The molecule has 250 valence electrons. The number of nitrogens with one attached hydrogen (secondary N) is 2. The molecule has 9 nitrogen and oxygen atoms in total. The summed E-state index contributed by atoms with van der Waals surface area (Å²) in [7, 11) is 0.435. The Morgan fingerprint density at radius 2 is 1.13 bits per heavy atom. The van der Waals surface area contributed by atoms with Crippen molar-refractivity contribution in [2.75, 3.05) is 26.1 Å². The van der Waals surface area contributed by atoms with Crippen LogP contribution in [0.3, 0.4) is 0 Å². The molecule has 0 bridgehead atoms. The molecule has 0 spiro atoms. The molecular weight excluding hydrogens is 635 g/mol. The zero-order valence-electron chi connectivity index (χ0n) is 26.9. The van der Waals surface area contributed by atoms with Crippen LogP contribution in [0.4, 0.5) is 0 Å². The van der Waals surface area contributed by atoms with Gasteiger partial charge in [0, 0.05) is 25.0 Å². The molecule has 0 aliphatic heterocycles. The summed E-state index contributed by atoms with van der Waals surface area (Å²) in [5, 5.41) is 9.14. The summed E-state index contributed by atoms with van der Waals surface area (Å²) in [5.74, 6) is -2.28. The fourth-order valence-electron chi connectivity index (χ4n) is 5.45. The minimum Gasteiger partial charge on any atom is -0.469 e. The number of benzene rings is 3. The lowest BCUT2D eigenvalue weighted by atomic mass is 10.1. The lowest BCUT2D eigenvalue weighted by molar-refractivity contribution is -0.145. The summed E-state index contributed by atoms with van der Waals surface area (Å²) >= 11 is 4.14. The quantitative estimate of drug-likeness (QED) is 0.0766. The van der Waals surface area contributed by atoms with Crippen LogP contribution in [0.5, 0.6) is 0 Å². The van der Waals surface area contributed by atoms with Crippen LogP contribution in [-0.2, 0) is 33.4 Å². The molecular formula is C36H44N2O7PS+. The number of carbonyl (C=O) groups excluding carboxylic acids is 5. The molecule has 0 fully saturated rings. The molecule has 2 atom stereocenters. The van der Waals surface area contributed by atoms with Crippen molar-refractivity contribution in [2.24, 2.45) is 0 Å². The van der Waals surface area contributed by atoms with Gasteiger partial charge in [-0.2, -0.15) is 12.6 Å². The van der Waals surface area contributed by atoms with E-state index in [4.69, 9.17) is 4.74 Å². The Morgan fingerprint density at radius 3 is 1.60 bits per heavy atom. The number of ketones is 1. The highest BCUT2D eigenvalue weighted by Crippen LogP contribution is 2.55. The highest BCUT2D eigenvalue weighted by molar-refractivity contribution is 7.95. The van der Waals surface area contributed by atoms with Gasteiger partial charge in [-0.15, -0.1) is 0 Å². The molecule has 2 N–H and O–H groups in total. The van der Waals surface area contributed by atoms with Crippen molar-refractivity contribution < 1.29 is 33.4 Å². The van der Waals surface area contributed by atoms with E-state index in [-0.39, 0.29) is 49.5 Å². The van der Waals surface area contributed by atoms with Gasteiger partial charge >= 0.3 is 11.9 Å². The average Bonchev–Trinajstić information content (AvgIpc) is 3.12. The maximum atomic E-state index is 13.0. The van der Waals surface area contributed by atoms with Gasteiger partial charge in [-0.1, -0.05) is 54.6 Å². The summed E-state index contributed by atoms with van der Waals surface area (Å²) in [6.07, 6.45) is 2.12. The SMILES string of the molecule is COC(=O)CCC(=O)[C@H](CS)NC(=O)CC[C@H](NC(=O)CCCC[P+](c1ccccc1)(c1ccccc1)c1ccccc1)C(=O)OC. The van der Waals surface area contributed by atoms with Crippen LogP contribution in [0, 0.1) is 0 Å². The van der Waals surface area contributed by atoms with Gasteiger partial charge in [0.1, 0.15) is 29.2 Å². The standard InChI is InChI=1S/C36H43N2O7PS/c1-44-35(42)24-22-32(39)31(26-47)38-34(41)23-21-30(36(43)45-2)37-33(40)20-12-13-25-46(27-14-6-3-7-15-27,28-16-8-4-9-17-28)29-18-10-5-11-19-29/h3-11,14-19,30-31H,12-13,20-26H2,1-2H3,(H2-,37,38,40,41,47)/p+1/t30-,31-/m0/s1. The van der Waals surface area contributed by atoms with Gasteiger partial charge in [-0.05, 0) is 55.7 Å².